The number of amides is 1. The van der Waals surface area contributed by atoms with E-state index in [1.54, 1.807) is 10.7 Å². The van der Waals surface area contributed by atoms with Gasteiger partial charge in [0.25, 0.3) is 5.91 Å². The van der Waals surface area contributed by atoms with Crippen molar-refractivity contribution >= 4 is 17.5 Å². The van der Waals surface area contributed by atoms with Crippen LogP contribution in [0.3, 0.4) is 0 Å². The molecule has 1 amide bonds. The van der Waals surface area contributed by atoms with E-state index in [1.165, 1.54) is 25.7 Å². The zero-order valence-electron chi connectivity index (χ0n) is 15.6. The number of aryl methyl sites for hydroxylation is 1. The summed E-state index contributed by atoms with van der Waals surface area (Å²) in [4.78, 5) is 12.6. The molecule has 2 aromatic heterocycles. The molecule has 2 fully saturated rings. The summed E-state index contributed by atoms with van der Waals surface area (Å²) >= 11 is 6.19. The first kappa shape index (κ1) is 17.7. The standard InChI is InChI=1S/C20H26ClN3O2/c1-11(17-9-14-4-5-15(17)8-14)22-20(25)18-7-6-16(26-18)10-24-13(3)19(21)12(2)23-24/h6-7,11,14-15,17H,4-5,8-10H2,1-3H3,(H,22,25)/t11-,14-,15-,17-/m1/s1. The highest BCUT2D eigenvalue weighted by Crippen LogP contribution is 2.49. The molecule has 0 saturated heterocycles. The molecule has 140 valence electrons. The number of hydrogen-bond acceptors (Lipinski definition) is 3. The van der Waals surface area contributed by atoms with Gasteiger partial charge in [-0.2, -0.15) is 5.10 Å². The van der Waals surface area contributed by atoms with E-state index in [2.05, 4.69) is 17.3 Å². The van der Waals surface area contributed by atoms with Gasteiger partial charge in [-0.1, -0.05) is 18.0 Å². The van der Waals surface area contributed by atoms with Crippen molar-refractivity contribution in [2.24, 2.45) is 17.8 Å². The summed E-state index contributed by atoms with van der Waals surface area (Å²) in [5.41, 5.74) is 1.70. The normalized spacial score (nSPS) is 25.6. The summed E-state index contributed by atoms with van der Waals surface area (Å²) in [5.74, 6) is 3.22. The van der Waals surface area contributed by atoms with Gasteiger partial charge in [0.05, 0.1) is 23.0 Å². The van der Waals surface area contributed by atoms with E-state index < -0.39 is 0 Å². The molecular weight excluding hydrogens is 350 g/mol. The third-order valence-corrected chi connectivity index (χ3v) is 6.83. The van der Waals surface area contributed by atoms with E-state index >= 15 is 0 Å². The minimum absolute atomic E-state index is 0.127. The zero-order chi connectivity index (χ0) is 18.4. The van der Waals surface area contributed by atoms with Crippen LogP contribution in [0, 0.1) is 31.6 Å². The lowest BCUT2D eigenvalue weighted by atomic mass is 9.84. The van der Waals surface area contributed by atoms with E-state index in [9.17, 15) is 4.79 Å². The molecule has 0 aromatic carbocycles. The number of carbonyl (C=O) groups excluding carboxylic acids is 1. The second-order valence-electron chi connectivity index (χ2n) is 8.01. The van der Waals surface area contributed by atoms with Crippen molar-refractivity contribution < 1.29 is 9.21 Å². The molecule has 4 rings (SSSR count). The summed E-state index contributed by atoms with van der Waals surface area (Å²) in [7, 11) is 0. The molecule has 0 aliphatic heterocycles. The third-order valence-electron chi connectivity index (χ3n) is 6.28. The minimum Gasteiger partial charge on any atom is -0.454 e. The topological polar surface area (TPSA) is 60.1 Å². The lowest BCUT2D eigenvalue weighted by Crippen LogP contribution is -2.40. The van der Waals surface area contributed by atoms with Crippen molar-refractivity contribution in [2.75, 3.05) is 0 Å². The van der Waals surface area contributed by atoms with Crippen LogP contribution in [-0.2, 0) is 6.54 Å². The van der Waals surface area contributed by atoms with Gasteiger partial charge in [0, 0.05) is 6.04 Å². The molecule has 4 atom stereocenters. The fourth-order valence-electron chi connectivity index (χ4n) is 4.85. The number of halogens is 1. The highest BCUT2D eigenvalue weighted by Gasteiger charge is 2.42. The van der Waals surface area contributed by atoms with Gasteiger partial charge in [-0.3, -0.25) is 9.48 Å². The van der Waals surface area contributed by atoms with Crippen LogP contribution >= 0.6 is 11.6 Å². The SMILES string of the molecule is Cc1nn(Cc2ccc(C(=O)N[C@H](C)[C@H]3C[C@@H]4CC[C@@H]3C4)o2)c(C)c1Cl. The average Bonchev–Trinajstić information content (AvgIpc) is 3.38. The average molecular weight is 376 g/mol. The molecule has 6 heteroatoms. The maximum absolute atomic E-state index is 12.6. The summed E-state index contributed by atoms with van der Waals surface area (Å²) in [6, 6.07) is 3.77. The number of aromatic nitrogens is 2. The molecule has 0 radical (unpaired) electrons. The van der Waals surface area contributed by atoms with Crippen molar-refractivity contribution in [1.82, 2.24) is 15.1 Å². The molecular formula is C20H26ClN3O2. The third kappa shape index (κ3) is 3.18. The van der Waals surface area contributed by atoms with Crippen molar-refractivity contribution in [1.29, 1.82) is 0 Å². The molecule has 2 saturated carbocycles. The highest BCUT2D eigenvalue weighted by molar-refractivity contribution is 6.31. The molecule has 0 unspecified atom stereocenters. The first-order chi connectivity index (χ1) is 12.4. The van der Waals surface area contributed by atoms with Crippen LogP contribution in [0.5, 0.6) is 0 Å². The fraction of sp³-hybridized carbons (Fsp3) is 0.600. The Morgan fingerprint density at radius 1 is 1.38 bits per heavy atom. The number of hydrogen-bond donors (Lipinski definition) is 1. The number of fused-ring (bicyclic) bond motifs is 2. The van der Waals surface area contributed by atoms with Crippen LogP contribution in [0.25, 0.3) is 0 Å². The van der Waals surface area contributed by atoms with Crippen LogP contribution < -0.4 is 5.32 Å². The molecule has 0 spiro atoms. The molecule has 2 heterocycles. The molecule has 2 aliphatic carbocycles. The summed E-state index contributed by atoms with van der Waals surface area (Å²) < 4.78 is 7.56. The molecule has 2 aliphatic rings. The Labute approximate surface area is 159 Å². The van der Waals surface area contributed by atoms with E-state index in [-0.39, 0.29) is 11.9 Å². The van der Waals surface area contributed by atoms with Crippen LogP contribution in [0.15, 0.2) is 16.5 Å². The van der Waals surface area contributed by atoms with Crippen LogP contribution in [-0.4, -0.2) is 21.7 Å². The lowest BCUT2D eigenvalue weighted by molar-refractivity contribution is 0.0885. The van der Waals surface area contributed by atoms with Crippen molar-refractivity contribution in [3.8, 4) is 0 Å². The first-order valence-corrected chi connectivity index (χ1v) is 9.89. The summed E-state index contributed by atoms with van der Waals surface area (Å²) in [5, 5.41) is 8.23. The quantitative estimate of drug-likeness (QED) is 0.845. The van der Waals surface area contributed by atoms with E-state index in [4.69, 9.17) is 16.0 Å². The van der Waals surface area contributed by atoms with Crippen LogP contribution in [0.2, 0.25) is 5.02 Å². The Morgan fingerprint density at radius 2 is 2.19 bits per heavy atom. The number of carbonyl (C=O) groups is 1. The maximum Gasteiger partial charge on any atom is 0.287 e. The summed E-state index contributed by atoms with van der Waals surface area (Å²) in [6.45, 7) is 6.40. The molecule has 5 nitrogen and oxygen atoms in total. The van der Waals surface area contributed by atoms with Gasteiger partial charge in [-0.05, 0) is 69.9 Å². The largest absolute Gasteiger partial charge is 0.454 e. The van der Waals surface area contributed by atoms with E-state index in [0.29, 0.717) is 29.0 Å². The second-order valence-corrected chi connectivity index (χ2v) is 8.39. The fourth-order valence-corrected chi connectivity index (χ4v) is 4.99. The Kier molecular flexibility index (Phi) is 4.59. The Hall–Kier alpha value is -1.75. The zero-order valence-corrected chi connectivity index (χ0v) is 16.3. The van der Waals surface area contributed by atoms with Gasteiger partial charge < -0.3 is 9.73 Å². The lowest BCUT2D eigenvalue weighted by Gasteiger charge is -2.28. The molecule has 2 aromatic rings. The van der Waals surface area contributed by atoms with Crippen LogP contribution in [0.4, 0.5) is 0 Å². The predicted molar refractivity (Wildman–Crippen MR) is 100 cm³/mol. The Morgan fingerprint density at radius 3 is 2.81 bits per heavy atom. The van der Waals surface area contributed by atoms with Crippen molar-refractivity contribution in [2.45, 2.75) is 59.0 Å². The Bertz CT molecular complexity index is 825. The molecule has 1 N–H and O–H groups in total. The van der Waals surface area contributed by atoms with Gasteiger partial charge in [0.2, 0.25) is 0 Å². The minimum atomic E-state index is -0.127. The van der Waals surface area contributed by atoms with E-state index in [0.717, 1.165) is 23.2 Å². The monoisotopic (exact) mass is 375 g/mol. The molecule has 26 heavy (non-hydrogen) atoms. The van der Waals surface area contributed by atoms with Gasteiger partial charge in [0.1, 0.15) is 5.76 Å². The van der Waals surface area contributed by atoms with Gasteiger partial charge in [-0.15, -0.1) is 0 Å². The number of nitrogens with one attached hydrogen (secondary N) is 1. The number of furan rings is 1. The van der Waals surface area contributed by atoms with Crippen molar-refractivity contribution in [3.63, 3.8) is 0 Å². The number of nitrogens with zero attached hydrogens (tertiary/aromatic N) is 2. The second kappa shape index (κ2) is 6.76. The van der Waals surface area contributed by atoms with Gasteiger partial charge in [-0.25, -0.2) is 0 Å². The van der Waals surface area contributed by atoms with Crippen molar-refractivity contribution in [3.05, 3.63) is 40.1 Å². The smallest absolute Gasteiger partial charge is 0.287 e. The highest BCUT2D eigenvalue weighted by atomic mass is 35.5. The Balaban J connectivity index is 1.39. The summed E-state index contributed by atoms with van der Waals surface area (Å²) in [6.07, 6.45) is 5.31. The van der Waals surface area contributed by atoms with E-state index in [1.807, 2.05) is 19.9 Å². The van der Waals surface area contributed by atoms with Crippen LogP contribution in [0.1, 0.15) is 60.3 Å². The molecule has 2 bridgehead atoms. The maximum atomic E-state index is 12.6. The van der Waals surface area contributed by atoms with Gasteiger partial charge in [0.15, 0.2) is 5.76 Å². The van der Waals surface area contributed by atoms with Gasteiger partial charge >= 0.3 is 0 Å². The predicted octanol–water partition coefficient (Wildman–Crippen LogP) is 4.35. The number of rotatable bonds is 5. The first-order valence-electron chi connectivity index (χ1n) is 9.51.